The Hall–Kier alpha value is -2.17. The lowest BCUT2D eigenvalue weighted by Gasteiger charge is -2.21. The van der Waals surface area contributed by atoms with Crippen LogP contribution in [0.5, 0.6) is 0 Å². The summed E-state index contributed by atoms with van der Waals surface area (Å²) in [5.74, 6) is 0.386. The molecule has 5 heteroatoms. The molecule has 1 fully saturated rings. The number of nitrogens with zero attached hydrogens (tertiary/aromatic N) is 2. The number of benzene rings is 1. The molecule has 5 nitrogen and oxygen atoms in total. The monoisotopic (exact) mass is 327 g/mol. The van der Waals surface area contributed by atoms with Gasteiger partial charge in [-0.25, -0.2) is 4.68 Å². The summed E-state index contributed by atoms with van der Waals surface area (Å²) >= 11 is 0. The van der Waals surface area contributed by atoms with Crippen molar-refractivity contribution in [1.82, 2.24) is 15.1 Å². The van der Waals surface area contributed by atoms with Gasteiger partial charge in [0.25, 0.3) is 11.5 Å². The van der Waals surface area contributed by atoms with Crippen LogP contribution in [0.2, 0.25) is 0 Å². The van der Waals surface area contributed by atoms with E-state index in [-0.39, 0.29) is 11.5 Å². The molecular formula is C19H25N3O2. The first-order valence-corrected chi connectivity index (χ1v) is 8.98. The highest BCUT2D eigenvalue weighted by molar-refractivity contribution is 6.04. The second-order valence-electron chi connectivity index (χ2n) is 6.64. The summed E-state index contributed by atoms with van der Waals surface area (Å²) in [4.78, 5) is 25.1. The number of nitrogens with one attached hydrogen (secondary N) is 1. The Balaban J connectivity index is 1.88. The molecule has 0 bridgehead atoms. The molecule has 1 aliphatic rings. The van der Waals surface area contributed by atoms with Gasteiger partial charge in [0.05, 0.1) is 5.39 Å². The van der Waals surface area contributed by atoms with Gasteiger partial charge in [-0.1, -0.05) is 44.4 Å². The summed E-state index contributed by atoms with van der Waals surface area (Å²) < 4.78 is 1.41. The summed E-state index contributed by atoms with van der Waals surface area (Å²) in [6.07, 6.45) is 6.98. The normalized spacial score (nSPS) is 15.5. The van der Waals surface area contributed by atoms with E-state index in [1.165, 1.54) is 36.8 Å². The Morgan fingerprint density at radius 1 is 1.21 bits per heavy atom. The molecule has 1 N–H and O–H groups in total. The van der Waals surface area contributed by atoms with Crippen LogP contribution in [0.15, 0.2) is 29.1 Å². The largest absolute Gasteiger partial charge is 0.350 e. The van der Waals surface area contributed by atoms with Crippen molar-refractivity contribution in [2.75, 3.05) is 6.54 Å². The molecule has 0 saturated heterocycles. The number of fused-ring (bicyclic) bond motifs is 1. The molecular weight excluding hydrogens is 302 g/mol. The first-order valence-electron chi connectivity index (χ1n) is 8.98. The van der Waals surface area contributed by atoms with Gasteiger partial charge < -0.3 is 5.32 Å². The number of hydrogen-bond acceptors (Lipinski definition) is 3. The molecule has 0 radical (unpaired) electrons. The lowest BCUT2D eigenvalue weighted by molar-refractivity contribution is 0.0938. The van der Waals surface area contributed by atoms with Crippen LogP contribution in [0.1, 0.15) is 55.9 Å². The number of amides is 1. The molecule has 24 heavy (non-hydrogen) atoms. The zero-order valence-electron chi connectivity index (χ0n) is 14.3. The van der Waals surface area contributed by atoms with Gasteiger partial charge in [0.2, 0.25) is 0 Å². The number of aryl methyl sites for hydroxylation is 1. The topological polar surface area (TPSA) is 64.0 Å². The smallest absolute Gasteiger partial charge is 0.274 e. The van der Waals surface area contributed by atoms with E-state index < -0.39 is 0 Å². The summed E-state index contributed by atoms with van der Waals surface area (Å²) in [7, 11) is 0. The zero-order valence-corrected chi connectivity index (χ0v) is 14.3. The summed E-state index contributed by atoms with van der Waals surface area (Å²) in [6.45, 7) is 3.21. The van der Waals surface area contributed by atoms with Crippen LogP contribution in [-0.4, -0.2) is 22.2 Å². The zero-order chi connectivity index (χ0) is 16.9. The summed E-state index contributed by atoms with van der Waals surface area (Å²) in [6, 6.07) is 7.23. The van der Waals surface area contributed by atoms with Crippen molar-refractivity contribution >= 4 is 16.7 Å². The van der Waals surface area contributed by atoms with Crippen LogP contribution in [0.4, 0.5) is 0 Å². The van der Waals surface area contributed by atoms with Crippen molar-refractivity contribution in [1.29, 1.82) is 0 Å². The maximum atomic E-state index is 12.7. The fourth-order valence-electron chi connectivity index (χ4n) is 3.48. The first-order chi connectivity index (χ1) is 11.7. The number of hydrogen-bond donors (Lipinski definition) is 1. The molecule has 0 atom stereocenters. The van der Waals surface area contributed by atoms with Crippen LogP contribution in [-0.2, 0) is 6.54 Å². The average molecular weight is 327 g/mol. The van der Waals surface area contributed by atoms with E-state index in [2.05, 4.69) is 10.4 Å². The summed E-state index contributed by atoms with van der Waals surface area (Å²) in [5.41, 5.74) is 0.228. The maximum absolute atomic E-state index is 12.7. The quantitative estimate of drug-likeness (QED) is 0.917. The first kappa shape index (κ1) is 16.7. The van der Waals surface area contributed by atoms with Gasteiger partial charge in [0.1, 0.15) is 0 Å². The van der Waals surface area contributed by atoms with Crippen LogP contribution in [0.3, 0.4) is 0 Å². The van der Waals surface area contributed by atoms with E-state index in [0.717, 1.165) is 6.42 Å². The van der Waals surface area contributed by atoms with Crippen LogP contribution >= 0.6 is 0 Å². The molecule has 1 aromatic heterocycles. The third kappa shape index (κ3) is 3.50. The molecule has 1 amide bonds. The van der Waals surface area contributed by atoms with Crippen molar-refractivity contribution < 1.29 is 4.79 Å². The van der Waals surface area contributed by atoms with Crippen molar-refractivity contribution in [3.63, 3.8) is 0 Å². The molecule has 0 aliphatic heterocycles. The third-order valence-corrected chi connectivity index (χ3v) is 4.79. The van der Waals surface area contributed by atoms with E-state index in [1.807, 2.05) is 19.1 Å². The van der Waals surface area contributed by atoms with Gasteiger partial charge >= 0.3 is 0 Å². The van der Waals surface area contributed by atoms with Gasteiger partial charge in [-0.15, -0.1) is 0 Å². The Kier molecular flexibility index (Phi) is 5.28. The predicted molar refractivity (Wildman–Crippen MR) is 95.2 cm³/mol. The summed E-state index contributed by atoms with van der Waals surface area (Å²) in [5, 5.41) is 8.57. The minimum Gasteiger partial charge on any atom is -0.350 e. The Labute approximate surface area is 142 Å². The number of carbonyl (C=O) groups is 1. The van der Waals surface area contributed by atoms with Crippen LogP contribution < -0.4 is 10.9 Å². The van der Waals surface area contributed by atoms with E-state index in [1.54, 1.807) is 12.1 Å². The lowest BCUT2D eigenvalue weighted by Crippen LogP contribution is -2.33. The second kappa shape index (κ2) is 7.60. The Morgan fingerprint density at radius 2 is 1.92 bits per heavy atom. The van der Waals surface area contributed by atoms with Crippen LogP contribution in [0.25, 0.3) is 10.8 Å². The van der Waals surface area contributed by atoms with Crippen molar-refractivity contribution in [3.05, 3.63) is 40.3 Å². The number of aromatic nitrogens is 2. The van der Waals surface area contributed by atoms with Crippen molar-refractivity contribution in [2.45, 2.75) is 52.0 Å². The Bertz CT molecular complexity index is 776. The maximum Gasteiger partial charge on any atom is 0.274 e. The average Bonchev–Trinajstić information content (AvgIpc) is 2.63. The van der Waals surface area contributed by atoms with Gasteiger partial charge in [0, 0.05) is 18.5 Å². The van der Waals surface area contributed by atoms with E-state index in [0.29, 0.717) is 35.5 Å². The standard InChI is InChI=1S/C19H25N3O2/c1-2-12-22-19(24)16-11-7-6-10-15(16)17(21-22)18(23)20-13-14-8-4-3-5-9-14/h6-7,10-11,14H,2-5,8-9,12-13H2,1H3,(H,20,23). The molecule has 1 heterocycles. The molecule has 1 saturated carbocycles. The van der Waals surface area contributed by atoms with E-state index in [4.69, 9.17) is 0 Å². The SMILES string of the molecule is CCCn1nc(C(=O)NCC2CCCCC2)c2ccccc2c1=O. The minimum atomic E-state index is -0.179. The van der Waals surface area contributed by atoms with Gasteiger partial charge in [-0.3, -0.25) is 9.59 Å². The highest BCUT2D eigenvalue weighted by Gasteiger charge is 2.19. The fourth-order valence-corrected chi connectivity index (χ4v) is 3.48. The van der Waals surface area contributed by atoms with Crippen LogP contribution in [0, 0.1) is 5.92 Å². The van der Waals surface area contributed by atoms with Crippen molar-refractivity contribution in [2.24, 2.45) is 5.92 Å². The molecule has 0 unspecified atom stereocenters. The number of carbonyl (C=O) groups excluding carboxylic acids is 1. The van der Waals surface area contributed by atoms with E-state index >= 15 is 0 Å². The minimum absolute atomic E-state index is 0.128. The predicted octanol–water partition coefficient (Wildman–Crippen LogP) is 3.12. The van der Waals surface area contributed by atoms with E-state index in [9.17, 15) is 9.59 Å². The van der Waals surface area contributed by atoms with Gasteiger partial charge in [-0.05, 0) is 31.2 Å². The highest BCUT2D eigenvalue weighted by Crippen LogP contribution is 2.23. The Morgan fingerprint density at radius 3 is 2.62 bits per heavy atom. The van der Waals surface area contributed by atoms with Gasteiger partial charge in [-0.2, -0.15) is 5.10 Å². The van der Waals surface area contributed by atoms with Gasteiger partial charge in [0.15, 0.2) is 5.69 Å². The molecule has 1 aromatic carbocycles. The second-order valence-corrected chi connectivity index (χ2v) is 6.64. The molecule has 2 aromatic rings. The molecule has 3 rings (SSSR count). The molecule has 0 spiro atoms. The highest BCUT2D eigenvalue weighted by atomic mass is 16.2. The molecule has 128 valence electrons. The third-order valence-electron chi connectivity index (χ3n) is 4.79. The fraction of sp³-hybridized carbons (Fsp3) is 0.526. The molecule has 1 aliphatic carbocycles. The number of rotatable bonds is 5. The van der Waals surface area contributed by atoms with Crippen molar-refractivity contribution in [3.8, 4) is 0 Å². The lowest BCUT2D eigenvalue weighted by atomic mass is 9.89.